The molecule has 0 aliphatic rings. The largest absolute Gasteiger partial charge is 0.395 e. The first kappa shape index (κ1) is 11.0. The monoisotopic (exact) mass is 259 g/mol. The summed E-state index contributed by atoms with van der Waals surface area (Å²) in [4.78, 5) is 4.27. The van der Waals surface area contributed by atoms with Crippen molar-refractivity contribution in [2.45, 2.75) is 6.54 Å². The van der Waals surface area contributed by atoms with Crippen molar-refractivity contribution in [3.63, 3.8) is 0 Å². The quantitative estimate of drug-likeness (QED) is 0.705. The van der Waals surface area contributed by atoms with Gasteiger partial charge in [-0.2, -0.15) is 5.10 Å². The molecule has 0 radical (unpaired) electrons. The summed E-state index contributed by atoms with van der Waals surface area (Å²) in [5.41, 5.74) is 10.4. The fourth-order valence-electron chi connectivity index (χ4n) is 1.84. The number of anilines is 2. The summed E-state index contributed by atoms with van der Waals surface area (Å²) in [6, 6.07) is 5.95. The molecule has 6 heteroatoms. The van der Waals surface area contributed by atoms with Crippen molar-refractivity contribution >= 4 is 32.9 Å². The van der Waals surface area contributed by atoms with Gasteiger partial charge in [0.15, 0.2) is 0 Å². The van der Waals surface area contributed by atoms with E-state index in [1.165, 1.54) is 0 Å². The normalized spacial score (nSPS) is 10.9. The van der Waals surface area contributed by atoms with E-state index in [4.69, 9.17) is 5.73 Å². The smallest absolute Gasteiger partial charge is 0.106 e. The molecule has 1 aromatic carbocycles. The summed E-state index contributed by atoms with van der Waals surface area (Å²) < 4.78 is 3.00. The summed E-state index contributed by atoms with van der Waals surface area (Å²) in [6.07, 6.45) is 3.71. The van der Waals surface area contributed by atoms with Crippen LogP contribution in [0.1, 0.15) is 0 Å². The van der Waals surface area contributed by atoms with E-state index in [1.807, 2.05) is 34.6 Å². The second-order valence-electron chi connectivity index (χ2n) is 3.92. The van der Waals surface area contributed by atoms with Gasteiger partial charge >= 0.3 is 0 Å². The summed E-state index contributed by atoms with van der Waals surface area (Å²) >= 11 is 1.60. The number of aromatic nitrogens is 3. The summed E-state index contributed by atoms with van der Waals surface area (Å²) in [6.45, 7) is 1.59. The molecule has 0 fully saturated rings. The Bertz CT molecular complexity index is 644. The zero-order valence-corrected chi connectivity index (χ0v) is 10.5. The third-order valence-electron chi connectivity index (χ3n) is 2.76. The number of hydrogen-bond donors (Lipinski definition) is 2. The van der Waals surface area contributed by atoms with Crippen LogP contribution in [0.4, 0.5) is 11.4 Å². The zero-order valence-electron chi connectivity index (χ0n) is 9.71. The lowest BCUT2D eigenvalue weighted by molar-refractivity contribution is 0.638. The predicted molar refractivity (Wildman–Crippen MR) is 74.7 cm³/mol. The van der Waals surface area contributed by atoms with E-state index < -0.39 is 0 Å². The first-order valence-corrected chi connectivity index (χ1v) is 6.55. The Balaban J connectivity index is 1.72. The highest BCUT2D eigenvalue weighted by molar-refractivity contribution is 7.16. The molecular formula is C12H13N5S. The first-order valence-electron chi connectivity index (χ1n) is 5.67. The molecule has 2 aromatic heterocycles. The molecule has 0 unspecified atom stereocenters. The van der Waals surface area contributed by atoms with E-state index in [2.05, 4.69) is 15.4 Å². The van der Waals surface area contributed by atoms with E-state index in [9.17, 15) is 0 Å². The standard InChI is InChI=1S/C12H13N5S/c13-11-9(2-3-10-12(11)15-8-18-10)14-5-7-17-6-1-4-16-17/h1-4,6,8,14H,5,7,13H2. The van der Waals surface area contributed by atoms with E-state index >= 15 is 0 Å². The van der Waals surface area contributed by atoms with Crippen molar-refractivity contribution in [1.82, 2.24) is 14.8 Å². The molecule has 0 bridgehead atoms. The lowest BCUT2D eigenvalue weighted by atomic mass is 10.2. The van der Waals surface area contributed by atoms with Gasteiger partial charge in [-0.1, -0.05) is 0 Å². The van der Waals surface area contributed by atoms with Gasteiger partial charge in [0, 0.05) is 18.9 Å². The fraction of sp³-hybridized carbons (Fsp3) is 0.167. The van der Waals surface area contributed by atoms with Crippen LogP contribution in [0.15, 0.2) is 36.1 Å². The molecule has 0 saturated heterocycles. The van der Waals surface area contributed by atoms with Crippen LogP contribution < -0.4 is 11.1 Å². The molecule has 2 heterocycles. The molecule has 3 N–H and O–H groups in total. The Morgan fingerprint density at radius 1 is 1.39 bits per heavy atom. The topological polar surface area (TPSA) is 68.8 Å². The number of nitrogens with two attached hydrogens (primary N) is 1. The molecule has 0 spiro atoms. The Kier molecular flexibility index (Phi) is 2.85. The van der Waals surface area contributed by atoms with Crippen molar-refractivity contribution in [2.24, 2.45) is 0 Å². The minimum absolute atomic E-state index is 0.717. The van der Waals surface area contributed by atoms with Crippen molar-refractivity contribution in [3.8, 4) is 0 Å². The van der Waals surface area contributed by atoms with Crippen molar-refractivity contribution in [1.29, 1.82) is 0 Å². The number of rotatable bonds is 4. The van der Waals surface area contributed by atoms with Gasteiger partial charge < -0.3 is 11.1 Å². The van der Waals surface area contributed by atoms with Gasteiger partial charge in [0.05, 0.1) is 28.1 Å². The highest BCUT2D eigenvalue weighted by Gasteiger charge is 2.06. The highest BCUT2D eigenvalue weighted by Crippen LogP contribution is 2.29. The SMILES string of the molecule is Nc1c(NCCn2cccn2)ccc2scnc12. The zero-order chi connectivity index (χ0) is 12.4. The lowest BCUT2D eigenvalue weighted by Crippen LogP contribution is -2.11. The maximum Gasteiger partial charge on any atom is 0.106 e. The highest BCUT2D eigenvalue weighted by atomic mass is 32.1. The number of benzene rings is 1. The van der Waals surface area contributed by atoms with Gasteiger partial charge in [-0.15, -0.1) is 11.3 Å². The Morgan fingerprint density at radius 2 is 2.33 bits per heavy atom. The Labute approximate surface area is 108 Å². The van der Waals surface area contributed by atoms with Crippen LogP contribution in [-0.2, 0) is 6.54 Å². The molecule has 0 amide bonds. The fourth-order valence-corrected chi connectivity index (χ4v) is 2.54. The number of hydrogen-bond acceptors (Lipinski definition) is 5. The molecule has 3 rings (SSSR count). The maximum atomic E-state index is 6.08. The van der Waals surface area contributed by atoms with E-state index in [1.54, 1.807) is 17.5 Å². The summed E-state index contributed by atoms with van der Waals surface area (Å²) in [7, 11) is 0. The van der Waals surface area contributed by atoms with Gasteiger partial charge in [-0.25, -0.2) is 4.98 Å². The molecule has 0 atom stereocenters. The van der Waals surface area contributed by atoms with Crippen LogP contribution in [0.2, 0.25) is 0 Å². The summed E-state index contributed by atoms with van der Waals surface area (Å²) in [5, 5.41) is 7.46. The van der Waals surface area contributed by atoms with E-state index in [-0.39, 0.29) is 0 Å². The van der Waals surface area contributed by atoms with Crippen LogP contribution in [0.25, 0.3) is 10.2 Å². The predicted octanol–water partition coefficient (Wildman–Crippen LogP) is 2.19. The molecule has 18 heavy (non-hydrogen) atoms. The second kappa shape index (κ2) is 4.66. The average Bonchev–Trinajstić information content (AvgIpc) is 3.02. The minimum Gasteiger partial charge on any atom is -0.395 e. The molecule has 3 aromatic rings. The number of thiazole rings is 1. The van der Waals surface area contributed by atoms with Crippen LogP contribution in [0.3, 0.4) is 0 Å². The maximum absolute atomic E-state index is 6.08. The molecule has 0 saturated carbocycles. The number of fused-ring (bicyclic) bond motifs is 1. The van der Waals surface area contributed by atoms with Gasteiger partial charge in [-0.05, 0) is 18.2 Å². The van der Waals surface area contributed by atoms with Crippen LogP contribution in [0, 0.1) is 0 Å². The van der Waals surface area contributed by atoms with Crippen molar-refractivity contribution in [3.05, 3.63) is 36.1 Å². The molecular weight excluding hydrogens is 246 g/mol. The number of nitrogen functional groups attached to an aromatic ring is 1. The minimum atomic E-state index is 0.717. The molecule has 0 aliphatic carbocycles. The second-order valence-corrected chi connectivity index (χ2v) is 4.81. The number of nitrogens with zero attached hydrogens (tertiary/aromatic N) is 3. The van der Waals surface area contributed by atoms with Gasteiger partial charge in [-0.3, -0.25) is 4.68 Å². The average molecular weight is 259 g/mol. The Hall–Kier alpha value is -2.08. The van der Waals surface area contributed by atoms with E-state index in [0.717, 1.165) is 29.0 Å². The van der Waals surface area contributed by atoms with Gasteiger partial charge in [0.25, 0.3) is 0 Å². The Morgan fingerprint density at radius 3 is 3.17 bits per heavy atom. The van der Waals surface area contributed by atoms with Crippen LogP contribution >= 0.6 is 11.3 Å². The van der Waals surface area contributed by atoms with E-state index in [0.29, 0.717) is 5.69 Å². The lowest BCUT2D eigenvalue weighted by Gasteiger charge is -2.09. The van der Waals surface area contributed by atoms with Crippen LogP contribution in [0.5, 0.6) is 0 Å². The van der Waals surface area contributed by atoms with Gasteiger partial charge in [0.2, 0.25) is 0 Å². The third-order valence-corrected chi connectivity index (χ3v) is 3.55. The molecule has 0 aliphatic heterocycles. The molecule has 5 nitrogen and oxygen atoms in total. The van der Waals surface area contributed by atoms with Crippen LogP contribution in [-0.4, -0.2) is 21.3 Å². The van der Waals surface area contributed by atoms with Crippen molar-refractivity contribution in [2.75, 3.05) is 17.6 Å². The third kappa shape index (κ3) is 2.02. The van der Waals surface area contributed by atoms with Gasteiger partial charge in [0.1, 0.15) is 5.52 Å². The first-order chi connectivity index (χ1) is 8.84. The number of nitrogens with one attached hydrogen (secondary N) is 1. The molecule has 92 valence electrons. The summed E-state index contributed by atoms with van der Waals surface area (Å²) in [5.74, 6) is 0. The van der Waals surface area contributed by atoms with Crippen molar-refractivity contribution < 1.29 is 0 Å².